The second-order valence-electron chi connectivity index (χ2n) is 11.3. The van der Waals surface area contributed by atoms with E-state index in [2.05, 4.69) is 22.5 Å². The van der Waals surface area contributed by atoms with E-state index in [1.165, 1.54) is 23.8 Å². The lowest BCUT2D eigenvalue weighted by molar-refractivity contribution is -0.143. The molecule has 0 radical (unpaired) electrons. The summed E-state index contributed by atoms with van der Waals surface area (Å²) in [5.41, 5.74) is 4.26. The first-order chi connectivity index (χ1) is 19.1. The van der Waals surface area contributed by atoms with Crippen LogP contribution in [0.15, 0.2) is 30.5 Å². The minimum atomic E-state index is -4.27. The number of hydrogen-bond acceptors (Lipinski definition) is 4. The number of nitrogens with one attached hydrogen (secondary N) is 1. The molecular weight excluding hydrogens is 526 g/mol. The smallest absolute Gasteiger partial charge is 0.378 e. The minimum Gasteiger partial charge on any atom is -0.378 e. The Hall–Kier alpha value is -3.34. The molecule has 2 amide bonds. The number of likely N-dealkylation sites (tertiary alicyclic amines) is 1. The quantitative estimate of drug-likeness (QED) is 0.365. The predicted molar refractivity (Wildman–Crippen MR) is 145 cm³/mol. The van der Waals surface area contributed by atoms with Crippen LogP contribution < -0.4 is 10.2 Å². The molecule has 1 atom stereocenters. The molecule has 1 aromatic heterocycles. The third-order valence-electron chi connectivity index (χ3n) is 8.09. The van der Waals surface area contributed by atoms with Gasteiger partial charge in [-0.25, -0.2) is 9.18 Å². The number of alkyl halides is 3. The third-order valence-corrected chi connectivity index (χ3v) is 8.09. The van der Waals surface area contributed by atoms with Crippen molar-refractivity contribution >= 4 is 28.3 Å². The van der Waals surface area contributed by atoms with Crippen LogP contribution in [0.5, 0.6) is 0 Å². The fraction of sp³-hybridized carbons (Fsp3) is 0.517. The molecule has 3 aliphatic rings. The molecule has 214 valence electrons. The lowest BCUT2D eigenvalue weighted by atomic mass is 9.97. The van der Waals surface area contributed by atoms with Gasteiger partial charge in [-0.2, -0.15) is 18.3 Å². The van der Waals surface area contributed by atoms with E-state index in [0.717, 1.165) is 47.4 Å². The standard InChI is InChI=1S/C29H33F4N5O2/c1-18-10-24(30)25(34-28(39)37-5-4-20(15-37)14-29(31,32)33)13-23(18)21-11-22-17-38(16-19-2-3-19)35-27(22)26(12-21)36-6-8-40-9-7-36/h10-13,17,19-20H,2-9,14-16H2,1H3,(H,34,39)/t20-/m0/s1. The van der Waals surface area contributed by atoms with Gasteiger partial charge >= 0.3 is 12.2 Å². The predicted octanol–water partition coefficient (Wildman–Crippen LogP) is 6.20. The van der Waals surface area contributed by atoms with Crippen molar-refractivity contribution in [2.45, 2.75) is 45.3 Å². The highest BCUT2D eigenvalue weighted by Gasteiger charge is 2.36. The van der Waals surface area contributed by atoms with Crippen molar-refractivity contribution in [1.82, 2.24) is 14.7 Å². The molecule has 3 fully saturated rings. The van der Waals surface area contributed by atoms with E-state index in [4.69, 9.17) is 9.84 Å². The Kier molecular flexibility index (Phi) is 7.10. The van der Waals surface area contributed by atoms with E-state index in [1.807, 2.05) is 17.7 Å². The summed E-state index contributed by atoms with van der Waals surface area (Å²) in [6.45, 7) is 5.64. The maximum Gasteiger partial charge on any atom is 0.389 e. The second kappa shape index (κ2) is 10.6. The SMILES string of the molecule is Cc1cc(F)c(NC(=O)N2CC[C@@H](CC(F)(F)F)C2)cc1-c1cc(N2CCOCC2)c2nn(CC3CC3)cc2c1. The molecule has 2 saturated heterocycles. The van der Waals surface area contributed by atoms with Gasteiger partial charge in [0.1, 0.15) is 11.3 Å². The van der Waals surface area contributed by atoms with Crippen molar-refractivity contribution < 1.29 is 27.1 Å². The van der Waals surface area contributed by atoms with Gasteiger partial charge in [-0.15, -0.1) is 0 Å². The van der Waals surface area contributed by atoms with Crippen molar-refractivity contribution in [3.8, 4) is 11.1 Å². The van der Waals surface area contributed by atoms with Crippen LogP contribution in [-0.4, -0.2) is 66.3 Å². The number of halogens is 4. The van der Waals surface area contributed by atoms with E-state index in [1.54, 1.807) is 6.07 Å². The Morgan fingerprint density at radius 1 is 1.07 bits per heavy atom. The normalized spacial score (nSPS) is 20.0. The van der Waals surface area contributed by atoms with Crippen LogP contribution in [0.25, 0.3) is 22.0 Å². The molecule has 11 heteroatoms. The van der Waals surface area contributed by atoms with Gasteiger partial charge in [0.15, 0.2) is 0 Å². The van der Waals surface area contributed by atoms with Gasteiger partial charge in [-0.3, -0.25) is 4.68 Å². The highest BCUT2D eigenvalue weighted by Crippen LogP contribution is 2.38. The molecule has 0 bridgehead atoms. The zero-order valence-electron chi connectivity index (χ0n) is 22.4. The number of hydrogen-bond donors (Lipinski definition) is 1. The number of carbonyl (C=O) groups is 1. The van der Waals surface area contributed by atoms with Crippen LogP contribution in [0.3, 0.4) is 0 Å². The summed E-state index contributed by atoms with van der Waals surface area (Å²) in [7, 11) is 0. The maximum atomic E-state index is 15.0. The first-order valence-electron chi connectivity index (χ1n) is 13.9. The summed E-state index contributed by atoms with van der Waals surface area (Å²) < 4.78 is 61.0. The topological polar surface area (TPSA) is 62.6 Å². The highest BCUT2D eigenvalue weighted by molar-refractivity contribution is 5.96. The monoisotopic (exact) mass is 559 g/mol. The molecule has 1 N–H and O–H groups in total. The highest BCUT2D eigenvalue weighted by atomic mass is 19.4. The maximum absolute atomic E-state index is 15.0. The Labute approximate surface area is 230 Å². The van der Waals surface area contributed by atoms with E-state index in [9.17, 15) is 18.0 Å². The van der Waals surface area contributed by atoms with Crippen LogP contribution in [0.1, 0.15) is 31.2 Å². The molecular formula is C29H33F4N5O2. The molecule has 0 spiro atoms. The summed E-state index contributed by atoms with van der Waals surface area (Å²) in [6, 6.07) is 6.52. The van der Waals surface area contributed by atoms with Crippen molar-refractivity contribution in [3.05, 3.63) is 41.8 Å². The largest absolute Gasteiger partial charge is 0.389 e. The van der Waals surface area contributed by atoms with Gasteiger partial charge in [0.2, 0.25) is 0 Å². The molecule has 2 aromatic carbocycles. The Bertz CT molecular complexity index is 1410. The number of aromatic nitrogens is 2. The fourth-order valence-corrected chi connectivity index (χ4v) is 5.81. The van der Waals surface area contributed by atoms with Gasteiger partial charge in [0, 0.05) is 50.7 Å². The minimum absolute atomic E-state index is 0.00215. The van der Waals surface area contributed by atoms with Gasteiger partial charge in [-0.1, -0.05) is 0 Å². The van der Waals surface area contributed by atoms with Crippen molar-refractivity contribution in [3.63, 3.8) is 0 Å². The number of urea groups is 1. The first kappa shape index (κ1) is 26.9. The summed E-state index contributed by atoms with van der Waals surface area (Å²) >= 11 is 0. The number of amides is 2. The number of benzene rings is 2. The lowest BCUT2D eigenvalue weighted by Gasteiger charge is -2.29. The van der Waals surface area contributed by atoms with Crippen LogP contribution in [0, 0.1) is 24.6 Å². The van der Waals surface area contributed by atoms with Crippen molar-refractivity contribution in [2.24, 2.45) is 11.8 Å². The number of fused-ring (bicyclic) bond motifs is 1. The van der Waals surface area contributed by atoms with Crippen molar-refractivity contribution in [2.75, 3.05) is 49.6 Å². The first-order valence-corrected chi connectivity index (χ1v) is 13.9. The molecule has 40 heavy (non-hydrogen) atoms. The van der Waals surface area contributed by atoms with E-state index < -0.39 is 30.4 Å². The molecule has 0 unspecified atom stereocenters. The molecule has 2 aliphatic heterocycles. The molecule has 1 aliphatic carbocycles. The number of morpholine rings is 1. The van der Waals surface area contributed by atoms with Gasteiger partial charge in [-0.05, 0) is 79.0 Å². The van der Waals surface area contributed by atoms with Crippen LogP contribution in [0.2, 0.25) is 0 Å². The average molecular weight is 560 g/mol. The zero-order valence-corrected chi connectivity index (χ0v) is 22.4. The third kappa shape index (κ3) is 5.89. The molecule has 7 nitrogen and oxygen atoms in total. The van der Waals surface area contributed by atoms with Gasteiger partial charge in [0.05, 0.1) is 24.6 Å². The summed E-state index contributed by atoms with van der Waals surface area (Å²) in [5, 5.41) is 8.51. The summed E-state index contributed by atoms with van der Waals surface area (Å²) in [4.78, 5) is 16.5. The number of carbonyl (C=O) groups excluding carboxylic acids is 1. The van der Waals surface area contributed by atoms with Gasteiger partial charge in [0.25, 0.3) is 0 Å². The van der Waals surface area contributed by atoms with Crippen molar-refractivity contribution in [1.29, 1.82) is 0 Å². The average Bonchev–Trinajstić information content (AvgIpc) is 3.43. The lowest BCUT2D eigenvalue weighted by Crippen LogP contribution is -2.36. The van der Waals surface area contributed by atoms with Crippen LogP contribution in [-0.2, 0) is 11.3 Å². The second-order valence-corrected chi connectivity index (χ2v) is 11.3. The Morgan fingerprint density at radius 2 is 1.85 bits per heavy atom. The van der Waals surface area contributed by atoms with E-state index >= 15 is 4.39 Å². The molecule has 3 heterocycles. The van der Waals surface area contributed by atoms with E-state index in [-0.39, 0.29) is 25.2 Å². The number of nitrogens with zero attached hydrogens (tertiary/aromatic N) is 4. The summed E-state index contributed by atoms with van der Waals surface area (Å²) in [5.74, 6) is -0.562. The number of aryl methyl sites for hydroxylation is 1. The van der Waals surface area contributed by atoms with Crippen LogP contribution in [0.4, 0.5) is 33.7 Å². The number of rotatable bonds is 6. The number of anilines is 2. The molecule has 6 rings (SSSR count). The molecule has 1 saturated carbocycles. The zero-order chi connectivity index (χ0) is 28.0. The van der Waals surface area contributed by atoms with Crippen LogP contribution >= 0.6 is 0 Å². The molecule has 3 aromatic rings. The summed E-state index contributed by atoms with van der Waals surface area (Å²) in [6.07, 6.45) is -0.417. The van der Waals surface area contributed by atoms with Gasteiger partial charge < -0.3 is 19.9 Å². The Morgan fingerprint density at radius 3 is 2.58 bits per heavy atom. The van der Waals surface area contributed by atoms with E-state index in [0.29, 0.717) is 24.7 Å². The fourth-order valence-electron chi connectivity index (χ4n) is 5.81. The Balaban J connectivity index is 1.30. The number of ether oxygens (including phenoxy) is 1.